The van der Waals surface area contributed by atoms with Crippen LogP contribution in [0.4, 0.5) is 0 Å². The van der Waals surface area contributed by atoms with E-state index in [-0.39, 0.29) is 22.1 Å². The largest absolute Gasteiger partial charge is 0.388 e. The fourth-order valence-electron chi connectivity index (χ4n) is 2.22. The predicted octanol–water partition coefficient (Wildman–Crippen LogP) is -0.646. The Morgan fingerprint density at radius 3 is 2.75 bits per heavy atom. The third-order valence-electron chi connectivity index (χ3n) is 3.12. The average molecular weight is 314 g/mol. The van der Waals surface area contributed by atoms with Gasteiger partial charge in [0.25, 0.3) is 0 Å². The SMILES string of the molecule is NC(=O)C1CCCN1S(=O)(=O)c1cccnc1C(N)=S. The molecule has 1 aliphatic heterocycles. The molecule has 2 heterocycles. The van der Waals surface area contributed by atoms with Crippen molar-refractivity contribution in [3.8, 4) is 0 Å². The molecule has 1 aromatic heterocycles. The molecule has 0 saturated carbocycles. The Morgan fingerprint density at radius 2 is 2.15 bits per heavy atom. The highest BCUT2D eigenvalue weighted by Crippen LogP contribution is 2.27. The van der Waals surface area contributed by atoms with E-state index in [0.29, 0.717) is 12.8 Å². The number of carbonyl (C=O) groups is 1. The fraction of sp³-hybridized carbons (Fsp3) is 0.364. The summed E-state index contributed by atoms with van der Waals surface area (Å²) in [6, 6.07) is 2.01. The van der Waals surface area contributed by atoms with Gasteiger partial charge in [-0.05, 0) is 25.0 Å². The molecule has 1 unspecified atom stereocenters. The second kappa shape index (κ2) is 5.43. The lowest BCUT2D eigenvalue weighted by Gasteiger charge is -2.22. The normalized spacial score (nSPS) is 19.9. The molecule has 1 fully saturated rings. The van der Waals surface area contributed by atoms with Crippen LogP contribution in [0.3, 0.4) is 0 Å². The highest BCUT2D eigenvalue weighted by atomic mass is 32.2. The van der Waals surface area contributed by atoms with Gasteiger partial charge in [-0.15, -0.1) is 0 Å². The summed E-state index contributed by atoms with van der Waals surface area (Å²) < 4.78 is 26.4. The lowest BCUT2D eigenvalue weighted by molar-refractivity contribution is -0.121. The fourth-order valence-corrected chi connectivity index (χ4v) is 4.27. The summed E-state index contributed by atoms with van der Waals surface area (Å²) in [5.41, 5.74) is 10.8. The summed E-state index contributed by atoms with van der Waals surface area (Å²) in [7, 11) is -3.91. The van der Waals surface area contributed by atoms with Crippen LogP contribution in [0.5, 0.6) is 0 Å². The molecule has 20 heavy (non-hydrogen) atoms. The van der Waals surface area contributed by atoms with E-state index in [0.717, 1.165) is 4.31 Å². The van der Waals surface area contributed by atoms with Crippen LogP contribution in [0.15, 0.2) is 23.2 Å². The average Bonchev–Trinajstić information content (AvgIpc) is 2.88. The second-order valence-corrected chi connectivity index (χ2v) is 6.69. The van der Waals surface area contributed by atoms with Gasteiger partial charge in [0.1, 0.15) is 21.6 Å². The van der Waals surface area contributed by atoms with E-state index in [1.165, 1.54) is 18.3 Å². The zero-order valence-corrected chi connectivity index (χ0v) is 12.2. The van der Waals surface area contributed by atoms with E-state index in [4.69, 9.17) is 23.7 Å². The summed E-state index contributed by atoms with van der Waals surface area (Å²) in [5, 5.41) is 0. The molecule has 7 nitrogen and oxygen atoms in total. The minimum atomic E-state index is -3.91. The van der Waals surface area contributed by atoms with Gasteiger partial charge < -0.3 is 11.5 Å². The number of thiocarbonyl (C=S) groups is 1. The Kier molecular flexibility index (Phi) is 4.02. The van der Waals surface area contributed by atoms with Crippen LogP contribution in [0, 0.1) is 0 Å². The zero-order valence-electron chi connectivity index (χ0n) is 10.5. The van der Waals surface area contributed by atoms with E-state index in [2.05, 4.69) is 4.98 Å². The Hall–Kier alpha value is -1.58. The first-order chi connectivity index (χ1) is 9.35. The molecule has 4 N–H and O–H groups in total. The number of hydrogen-bond acceptors (Lipinski definition) is 5. The van der Waals surface area contributed by atoms with Gasteiger partial charge in [0, 0.05) is 12.7 Å². The van der Waals surface area contributed by atoms with Gasteiger partial charge in [0.2, 0.25) is 15.9 Å². The van der Waals surface area contributed by atoms with Gasteiger partial charge in [-0.2, -0.15) is 4.31 Å². The minimum absolute atomic E-state index is 0.0256. The Bertz CT molecular complexity index is 659. The second-order valence-electron chi connectivity index (χ2n) is 4.39. The molecule has 0 aliphatic carbocycles. The molecule has 1 aromatic rings. The number of nitrogens with two attached hydrogens (primary N) is 2. The molecule has 1 amide bonds. The van der Waals surface area contributed by atoms with Gasteiger partial charge in [-0.25, -0.2) is 8.42 Å². The van der Waals surface area contributed by atoms with Crippen molar-refractivity contribution in [2.24, 2.45) is 11.5 Å². The smallest absolute Gasteiger partial charge is 0.246 e. The summed E-state index contributed by atoms with van der Waals surface area (Å²) >= 11 is 4.81. The van der Waals surface area contributed by atoms with Crippen molar-refractivity contribution in [2.45, 2.75) is 23.8 Å². The highest BCUT2D eigenvalue weighted by molar-refractivity contribution is 7.89. The molecule has 9 heteroatoms. The third kappa shape index (κ3) is 2.51. The molecule has 1 saturated heterocycles. The lowest BCUT2D eigenvalue weighted by Crippen LogP contribution is -2.44. The molecule has 0 aromatic carbocycles. The van der Waals surface area contributed by atoms with Crippen molar-refractivity contribution in [3.63, 3.8) is 0 Å². The number of primary amides is 1. The number of nitrogens with zero attached hydrogens (tertiary/aromatic N) is 2. The van der Waals surface area contributed by atoms with Gasteiger partial charge >= 0.3 is 0 Å². The number of pyridine rings is 1. The highest BCUT2D eigenvalue weighted by Gasteiger charge is 2.39. The maximum absolute atomic E-state index is 12.6. The van der Waals surface area contributed by atoms with Crippen molar-refractivity contribution >= 4 is 33.1 Å². The molecule has 0 bridgehead atoms. The molecule has 0 radical (unpaired) electrons. The molecule has 108 valence electrons. The quantitative estimate of drug-likeness (QED) is 0.713. The first-order valence-electron chi connectivity index (χ1n) is 5.91. The Labute approximate surface area is 122 Å². The van der Waals surface area contributed by atoms with Gasteiger partial charge in [0.15, 0.2) is 0 Å². The summed E-state index contributed by atoms with van der Waals surface area (Å²) in [5.74, 6) is -0.660. The Morgan fingerprint density at radius 1 is 1.45 bits per heavy atom. The standard InChI is InChI=1S/C11H14N4O3S2/c12-10(16)7-3-2-6-15(7)20(17,18)8-4-1-5-14-9(8)11(13)19/h1,4-5,7H,2-3,6H2,(H2,12,16)(H2,13,19). The molecular formula is C11H14N4O3S2. The number of aromatic nitrogens is 1. The van der Waals surface area contributed by atoms with E-state index in [1.807, 2.05) is 0 Å². The van der Waals surface area contributed by atoms with E-state index in [9.17, 15) is 13.2 Å². The number of amides is 1. The van der Waals surface area contributed by atoms with Crippen LogP contribution in [0.1, 0.15) is 18.5 Å². The van der Waals surface area contributed by atoms with Crippen molar-refractivity contribution in [1.29, 1.82) is 0 Å². The number of carbonyl (C=O) groups excluding carboxylic acids is 1. The van der Waals surface area contributed by atoms with Gasteiger partial charge in [0.05, 0.1) is 0 Å². The van der Waals surface area contributed by atoms with E-state index in [1.54, 1.807) is 0 Å². The zero-order chi connectivity index (χ0) is 14.9. The van der Waals surface area contributed by atoms with Crippen molar-refractivity contribution < 1.29 is 13.2 Å². The molecule has 2 rings (SSSR count). The van der Waals surface area contributed by atoms with Crippen LogP contribution >= 0.6 is 12.2 Å². The molecular weight excluding hydrogens is 300 g/mol. The predicted molar refractivity (Wildman–Crippen MR) is 76.2 cm³/mol. The van der Waals surface area contributed by atoms with Crippen molar-refractivity contribution in [2.75, 3.05) is 6.54 Å². The molecule has 0 spiro atoms. The number of hydrogen-bond donors (Lipinski definition) is 2. The maximum atomic E-state index is 12.6. The van der Waals surface area contributed by atoms with Crippen molar-refractivity contribution in [3.05, 3.63) is 24.0 Å². The summed E-state index contributed by atoms with van der Waals surface area (Å²) in [6.07, 6.45) is 2.40. The third-order valence-corrected chi connectivity index (χ3v) is 5.26. The molecule has 1 aliphatic rings. The first-order valence-corrected chi connectivity index (χ1v) is 7.76. The summed E-state index contributed by atoms with van der Waals surface area (Å²) in [4.78, 5) is 15.0. The monoisotopic (exact) mass is 314 g/mol. The van der Waals surface area contributed by atoms with Crippen molar-refractivity contribution in [1.82, 2.24) is 9.29 Å². The van der Waals surface area contributed by atoms with Gasteiger partial charge in [-0.3, -0.25) is 9.78 Å². The molecule has 1 atom stereocenters. The van der Waals surface area contributed by atoms with Gasteiger partial charge in [-0.1, -0.05) is 12.2 Å². The first kappa shape index (κ1) is 14.8. The minimum Gasteiger partial charge on any atom is -0.388 e. The van der Waals surface area contributed by atoms with E-state index < -0.39 is 22.0 Å². The number of rotatable bonds is 4. The lowest BCUT2D eigenvalue weighted by atomic mass is 10.2. The number of sulfonamides is 1. The van der Waals surface area contributed by atoms with Crippen LogP contribution in [-0.2, 0) is 14.8 Å². The topological polar surface area (TPSA) is 119 Å². The van der Waals surface area contributed by atoms with Crippen LogP contribution < -0.4 is 11.5 Å². The van der Waals surface area contributed by atoms with Crippen LogP contribution in [0.25, 0.3) is 0 Å². The Balaban J connectivity index is 2.51. The maximum Gasteiger partial charge on any atom is 0.246 e. The van der Waals surface area contributed by atoms with Crippen LogP contribution in [0.2, 0.25) is 0 Å². The van der Waals surface area contributed by atoms with E-state index >= 15 is 0 Å². The van der Waals surface area contributed by atoms with Crippen LogP contribution in [-0.4, -0.2) is 41.2 Å². The summed E-state index contributed by atoms with van der Waals surface area (Å²) in [6.45, 7) is 0.238.